The van der Waals surface area contributed by atoms with E-state index < -0.39 is 5.63 Å². The number of aromatic hydroxyl groups is 1. The Morgan fingerprint density at radius 3 is 2.65 bits per heavy atom. The number of rotatable bonds is 1. The molecule has 1 N–H and O–H groups in total. The maximum atomic E-state index is 11.6. The van der Waals surface area contributed by atoms with Gasteiger partial charge in [-0.05, 0) is 17.7 Å². The summed E-state index contributed by atoms with van der Waals surface area (Å²) in [4.78, 5) is 11.6. The molecular formula is C13H8O4. The molecular weight excluding hydrogens is 220 g/mol. The van der Waals surface area contributed by atoms with Crippen molar-refractivity contribution < 1.29 is 13.9 Å². The van der Waals surface area contributed by atoms with E-state index in [1.54, 1.807) is 18.4 Å². The van der Waals surface area contributed by atoms with Crippen molar-refractivity contribution in [1.29, 1.82) is 0 Å². The van der Waals surface area contributed by atoms with Crippen LogP contribution in [0.3, 0.4) is 0 Å². The van der Waals surface area contributed by atoms with Gasteiger partial charge in [0.05, 0.1) is 12.5 Å². The molecule has 0 saturated carbocycles. The van der Waals surface area contributed by atoms with Crippen LogP contribution in [-0.2, 0) is 0 Å². The van der Waals surface area contributed by atoms with Gasteiger partial charge in [0, 0.05) is 11.5 Å². The van der Waals surface area contributed by atoms with Crippen molar-refractivity contribution >= 4 is 11.0 Å². The Morgan fingerprint density at radius 1 is 1.00 bits per heavy atom. The van der Waals surface area contributed by atoms with Gasteiger partial charge in [0.15, 0.2) is 0 Å². The van der Waals surface area contributed by atoms with Crippen LogP contribution in [0.1, 0.15) is 0 Å². The van der Waals surface area contributed by atoms with Gasteiger partial charge in [-0.2, -0.15) is 0 Å². The van der Waals surface area contributed by atoms with Crippen molar-refractivity contribution in [2.45, 2.75) is 0 Å². The molecule has 0 saturated heterocycles. The number of hydrogen-bond donors (Lipinski definition) is 1. The van der Waals surface area contributed by atoms with E-state index in [0.717, 1.165) is 11.6 Å². The lowest BCUT2D eigenvalue weighted by molar-refractivity contribution is 0.451. The highest BCUT2D eigenvalue weighted by molar-refractivity contribution is 5.84. The van der Waals surface area contributed by atoms with Crippen LogP contribution in [0.25, 0.3) is 22.1 Å². The topological polar surface area (TPSA) is 63.6 Å². The molecule has 3 rings (SSSR count). The van der Waals surface area contributed by atoms with Crippen molar-refractivity contribution in [2.24, 2.45) is 0 Å². The molecule has 0 spiro atoms. The molecule has 0 radical (unpaired) electrons. The highest BCUT2D eigenvalue weighted by Gasteiger charge is 2.11. The largest absolute Gasteiger partial charge is 0.507 e. The van der Waals surface area contributed by atoms with Gasteiger partial charge in [0.25, 0.3) is 0 Å². The van der Waals surface area contributed by atoms with Gasteiger partial charge >= 0.3 is 5.63 Å². The van der Waals surface area contributed by atoms with E-state index in [2.05, 4.69) is 0 Å². The molecule has 2 heterocycles. The molecule has 0 atom stereocenters. The van der Waals surface area contributed by atoms with E-state index in [4.69, 9.17) is 8.83 Å². The van der Waals surface area contributed by atoms with E-state index in [1.807, 2.05) is 12.1 Å². The van der Waals surface area contributed by atoms with Crippen molar-refractivity contribution in [3.63, 3.8) is 0 Å². The van der Waals surface area contributed by atoms with Crippen LogP contribution >= 0.6 is 0 Å². The zero-order chi connectivity index (χ0) is 11.8. The normalized spacial score (nSPS) is 10.8. The summed E-state index contributed by atoms with van der Waals surface area (Å²) < 4.78 is 9.99. The average molecular weight is 228 g/mol. The lowest BCUT2D eigenvalue weighted by Gasteiger charge is -2.01. The van der Waals surface area contributed by atoms with Gasteiger partial charge in [0.2, 0.25) is 0 Å². The van der Waals surface area contributed by atoms with Crippen LogP contribution in [0.2, 0.25) is 0 Å². The van der Waals surface area contributed by atoms with Crippen LogP contribution in [0, 0.1) is 0 Å². The maximum absolute atomic E-state index is 11.6. The van der Waals surface area contributed by atoms with E-state index >= 15 is 0 Å². The third kappa shape index (κ3) is 1.50. The first-order chi connectivity index (χ1) is 8.25. The van der Waals surface area contributed by atoms with Crippen molar-refractivity contribution in [3.8, 4) is 16.9 Å². The summed E-state index contributed by atoms with van der Waals surface area (Å²) in [7, 11) is 0. The molecule has 0 aliphatic rings. The molecule has 4 nitrogen and oxygen atoms in total. The smallest absolute Gasteiger partial charge is 0.347 e. The fourth-order valence-electron chi connectivity index (χ4n) is 1.78. The summed E-state index contributed by atoms with van der Waals surface area (Å²) in [5.74, 6) is -0.104. The van der Waals surface area contributed by atoms with Crippen LogP contribution < -0.4 is 5.63 Å². The fourth-order valence-corrected chi connectivity index (χ4v) is 1.78. The van der Waals surface area contributed by atoms with E-state index in [-0.39, 0.29) is 11.3 Å². The standard InChI is InChI=1S/C13H8O4/c14-10-4-6-17-13(15)12(10)9-2-1-8-3-5-16-11(8)7-9/h1-7,14H. The van der Waals surface area contributed by atoms with Crippen LogP contribution in [0.4, 0.5) is 0 Å². The number of fused-ring (bicyclic) bond motifs is 1. The summed E-state index contributed by atoms with van der Waals surface area (Å²) in [6, 6.07) is 8.42. The SMILES string of the molecule is O=c1occc(O)c1-c1ccc2ccoc2c1. The molecule has 0 amide bonds. The minimum Gasteiger partial charge on any atom is -0.507 e. The Morgan fingerprint density at radius 2 is 1.82 bits per heavy atom. The number of hydrogen-bond acceptors (Lipinski definition) is 4. The lowest BCUT2D eigenvalue weighted by atomic mass is 10.1. The number of furan rings is 1. The molecule has 17 heavy (non-hydrogen) atoms. The molecule has 3 aromatic rings. The molecule has 0 bridgehead atoms. The zero-order valence-electron chi connectivity index (χ0n) is 8.71. The summed E-state index contributed by atoms with van der Waals surface area (Å²) in [6.45, 7) is 0. The molecule has 0 fully saturated rings. The predicted molar refractivity (Wildman–Crippen MR) is 61.9 cm³/mol. The molecule has 0 aliphatic heterocycles. The Labute approximate surface area is 95.7 Å². The highest BCUT2D eigenvalue weighted by atomic mass is 16.4. The Bertz CT molecular complexity index is 736. The lowest BCUT2D eigenvalue weighted by Crippen LogP contribution is -2.01. The zero-order valence-corrected chi connectivity index (χ0v) is 8.71. The van der Waals surface area contributed by atoms with Gasteiger partial charge in [-0.15, -0.1) is 0 Å². The average Bonchev–Trinajstić information content (AvgIpc) is 2.76. The van der Waals surface area contributed by atoms with Gasteiger partial charge in [-0.25, -0.2) is 4.79 Å². The minimum absolute atomic E-state index is 0.104. The van der Waals surface area contributed by atoms with Crippen LogP contribution in [0.5, 0.6) is 5.75 Å². The quantitative estimate of drug-likeness (QED) is 0.695. The predicted octanol–water partition coefficient (Wildman–Crippen LogP) is 2.76. The molecule has 4 heteroatoms. The molecule has 0 aliphatic carbocycles. The second-order valence-electron chi connectivity index (χ2n) is 3.64. The van der Waals surface area contributed by atoms with Gasteiger partial charge in [-0.3, -0.25) is 0 Å². The van der Waals surface area contributed by atoms with Crippen LogP contribution in [0.15, 0.2) is 56.5 Å². The van der Waals surface area contributed by atoms with E-state index in [0.29, 0.717) is 11.1 Å². The fraction of sp³-hybridized carbons (Fsp3) is 0. The second-order valence-corrected chi connectivity index (χ2v) is 3.64. The monoisotopic (exact) mass is 228 g/mol. The summed E-state index contributed by atoms with van der Waals surface area (Å²) >= 11 is 0. The molecule has 1 aromatic carbocycles. The van der Waals surface area contributed by atoms with Crippen LogP contribution in [-0.4, -0.2) is 5.11 Å². The van der Waals surface area contributed by atoms with E-state index in [1.165, 1.54) is 6.07 Å². The van der Waals surface area contributed by atoms with Gasteiger partial charge in [-0.1, -0.05) is 12.1 Å². The van der Waals surface area contributed by atoms with Gasteiger partial charge < -0.3 is 13.9 Å². The second kappa shape index (κ2) is 3.52. The third-order valence-electron chi connectivity index (χ3n) is 2.61. The molecule has 0 unspecified atom stereocenters. The van der Waals surface area contributed by atoms with Gasteiger partial charge in [0.1, 0.15) is 16.9 Å². The Kier molecular flexibility index (Phi) is 2.01. The Hall–Kier alpha value is -2.49. The first kappa shape index (κ1) is 9.72. The third-order valence-corrected chi connectivity index (χ3v) is 2.61. The summed E-state index contributed by atoms with van der Waals surface area (Å²) in [5.41, 5.74) is 0.797. The van der Waals surface area contributed by atoms with E-state index in [9.17, 15) is 9.90 Å². The number of benzene rings is 1. The van der Waals surface area contributed by atoms with Crippen molar-refractivity contribution in [1.82, 2.24) is 0 Å². The maximum Gasteiger partial charge on any atom is 0.347 e. The first-order valence-electron chi connectivity index (χ1n) is 5.04. The molecule has 84 valence electrons. The first-order valence-corrected chi connectivity index (χ1v) is 5.04. The summed E-state index contributed by atoms with van der Waals surface area (Å²) in [6.07, 6.45) is 2.73. The molecule has 2 aromatic heterocycles. The highest BCUT2D eigenvalue weighted by Crippen LogP contribution is 2.28. The van der Waals surface area contributed by atoms with Crippen molar-refractivity contribution in [2.75, 3.05) is 0 Å². The minimum atomic E-state index is -0.573. The van der Waals surface area contributed by atoms with Crippen molar-refractivity contribution in [3.05, 3.63) is 53.3 Å². The Balaban J connectivity index is 2.30. The summed E-state index contributed by atoms with van der Waals surface area (Å²) in [5, 5.41) is 10.6.